The van der Waals surface area contributed by atoms with Gasteiger partial charge in [0.2, 0.25) is 0 Å². The topological polar surface area (TPSA) is 172 Å². The van der Waals surface area contributed by atoms with Crippen molar-refractivity contribution in [1.82, 2.24) is 0 Å². The van der Waals surface area contributed by atoms with Crippen LogP contribution in [0.4, 0.5) is 0 Å². The molecule has 4 aliphatic rings. The van der Waals surface area contributed by atoms with E-state index in [-0.39, 0.29) is 29.6 Å². The second-order valence-electron chi connectivity index (χ2n) is 10.9. The van der Waals surface area contributed by atoms with E-state index in [1.54, 1.807) is 0 Å². The predicted molar refractivity (Wildman–Crippen MR) is 138 cm³/mol. The van der Waals surface area contributed by atoms with Crippen LogP contribution in [0.3, 0.4) is 0 Å². The van der Waals surface area contributed by atoms with Gasteiger partial charge in [-0.3, -0.25) is 4.79 Å². The molecule has 11 atom stereocenters. The fourth-order valence-electron chi connectivity index (χ4n) is 6.30. The summed E-state index contributed by atoms with van der Waals surface area (Å²) in [4.78, 5) is 25.4. The summed E-state index contributed by atoms with van der Waals surface area (Å²) in [7, 11) is 0. The quantitative estimate of drug-likeness (QED) is 0.136. The number of rotatable bonds is 7. The summed E-state index contributed by atoms with van der Waals surface area (Å²) in [5, 5.41) is 49.7. The van der Waals surface area contributed by atoms with Gasteiger partial charge in [-0.1, -0.05) is 25.3 Å². The van der Waals surface area contributed by atoms with E-state index in [4.69, 9.17) is 18.9 Å². The van der Waals surface area contributed by atoms with Crippen LogP contribution in [0.1, 0.15) is 23.2 Å². The molecule has 11 nitrogen and oxygen atoms in total. The third-order valence-electron chi connectivity index (χ3n) is 8.51. The molecule has 4 fully saturated rings. The molecule has 1 aromatic carbocycles. The van der Waals surface area contributed by atoms with Crippen molar-refractivity contribution in [3.8, 4) is 5.75 Å². The Kier molecular flexibility index (Phi) is 7.99. The SMILES string of the molecule is C=C1C(=O)O[C@H]2[C@H]1[C@@H](OCC(=O)c1ccc(O)cc1)CC(=C)[C@H]1C[C@H](O[C@H]3O[C@@H](CO)[C@H](O)[C@H](O)[C@@H]3O)C(=C)[C@@H]21. The number of aliphatic hydroxyl groups excluding tert-OH is 4. The molecule has 0 spiro atoms. The number of ether oxygens (including phenoxy) is 4. The number of benzene rings is 1. The lowest BCUT2D eigenvalue weighted by atomic mass is 9.81. The minimum atomic E-state index is -1.59. The van der Waals surface area contributed by atoms with E-state index in [1.165, 1.54) is 24.3 Å². The van der Waals surface area contributed by atoms with E-state index >= 15 is 0 Å². The van der Waals surface area contributed by atoms with Crippen molar-refractivity contribution in [2.75, 3.05) is 13.2 Å². The highest BCUT2D eigenvalue weighted by atomic mass is 16.7. The standard InChI is InChI=1S/C29H34O11/c1-12-8-20(37-11-18(32)15-4-6-16(31)7-5-15)23-14(3)28(36)40-27(23)22-13(2)19(9-17(12)22)38-29-26(35)25(34)24(33)21(10-30)39-29/h4-7,17,19-27,29-31,33-35H,1-3,8-11H2/t17-,19+,20+,21+,22-,23-,24+,25+,26+,27-,29+/m1/s1. The van der Waals surface area contributed by atoms with Crippen LogP contribution in [-0.4, -0.2) is 99.5 Å². The van der Waals surface area contributed by atoms with Crippen LogP contribution in [0, 0.1) is 17.8 Å². The average molecular weight is 559 g/mol. The Labute approximate surface area is 230 Å². The summed E-state index contributed by atoms with van der Waals surface area (Å²) in [6, 6.07) is 5.83. The highest BCUT2D eigenvalue weighted by molar-refractivity contribution is 5.97. The summed E-state index contributed by atoms with van der Waals surface area (Å²) >= 11 is 0. The molecule has 2 saturated carbocycles. The second kappa shape index (κ2) is 11.2. The monoisotopic (exact) mass is 558 g/mol. The highest BCUT2D eigenvalue weighted by Crippen LogP contribution is 2.53. The van der Waals surface area contributed by atoms with E-state index in [9.17, 15) is 35.1 Å². The first-order valence-electron chi connectivity index (χ1n) is 13.2. The molecule has 11 heteroatoms. The van der Waals surface area contributed by atoms with Gasteiger partial charge in [0.1, 0.15) is 42.9 Å². The van der Waals surface area contributed by atoms with Gasteiger partial charge >= 0.3 is 5.97 Å². The van der Waals surface area contributed by atoms with Crippen molar-refractivity contribution in [2.45, 2.75) is 61.9 Å². The van der Waals surface area contributed by atoms with Gasteiger partial charge in [-0.05, 0) is 48.6 Å². The lowest BCUT2D eigenvalue weighted by Crippen LogP contribution is -2.59. The summed E-state index contributed by atoms with van der Waals surface area (Å²) in [6.45, 7) is 11.6. The fraction of sp³-hybridized carbons (Fsp3) is 0.517. The molecule has 0 bridgehead atoms. The number of carbonyl (C=O) groups is 2. The summed E-state index contributed by atoms with van der Waals surface area (Å²) in [5.41, 5.74) is 1.96. The van der Waals surface area contributed by atoms with Gasteiger partial charge in [0.15, 0.2) is 12.1 Å². The molecule has 40 heavy (non-hydrogen) atoms. The first kappa shape index (κ1) is 28.6. The number of esters is 1. The number of aromatic hydroxyl groups is 1. The number of hydrogen-bond donors (Lipinski definition) is 5. The number of phenolic OH excluding ortho intramolecular Hbond substituents is 1. The van der Waals surface area contributed by atoms with E-state index in [2.05, 4.69) is 19.7 Å². The Balaban J connectivity index is 1.33. The molecule has 1 aromatic rings. The number of hydrogen-bond acceptors (Lipinski definition) is 11. The molecule has 5 rings (SSSR count). The largest absolute Gasteiger partial charge is 0.508 e. The van der Waals surface area contributed by atoms with Crippen LogP contribution in [0.2, 0.25) is 0 Å². The highest BCUT2D eigenvalue weighted by Gasteiger charge is 2.57. The second-order valence-corrected chi connectivity index (χ2v) is 10.9. The van der Waals surface area contributed by atoms with Crippen molar-refractivity contribution >= 4 is 11.8 Å². The number of aliphatic hydroxyl groups is 4. The number of Topliss-reactive ketones (excluding diaryl/α,β-unsaturated/α-hetero) is 1. The smallest absolute Gasteiger partial charge is 0.334 e. The number of ketones is 1. The molecule has 0 unspecified atom stereocenters. The molecule has 5 N–H and O–H groups in total. The lowest BCUT2D eigenvalue weighted by molar-refractivity contribution is -0.308. The average Bonchev–Trinajstić information content (AvgIpc) is 3.37. The molecular formula is C29H34O11. The van der Waals surface area contributed by atoms with Crippen LogP contribution < -0.4 is 0 Å². The van der Waals surface area contributed by atoms with Gasteiger partial charge in [0.05, 0.1) is 24.7 Å². The molecule has 2 saturated heterocycles. The van der Waals surface area contributed by atoms with E-state index < -0.39 is 73.4 Å². The maximum atomic E-state index is 12.7. The molecule has 0 aromatic heterocycles. The molecular weight excluding hydrogens is 524 g/mol. The molecule has 0 radical (unpaired) electrons. The van der Waals surface area contributed by atoms with Crippen LogP contribution in [0.5, 0.6) is 5.75 Å². The number of carbonyl (C=O) groups excluding carboxylic acids is 2. The van der Waals surface area contributed by atoms with Crippen molar-refractivity contribution in [3.05, 3.63) is 66.3 Å². The van der Waals surface area contributed by atoms with Crippen LogP contribution in [0.15, 0.2) is 60.7 Å². The van der Waals surface area contributed by atoms with Crippen molar-refractivity contribution in [1.29, 1.82) is 0 Å². The predicted octanol–water partition coefficient (Wildman–Crippen LogP) is 0.395. The summed E-state index contributed by atoms with van der Waals surface area (Å²) < 4.78 is 23.4. The van der Waals surface area contributed by atoms with Gasteiger partial charge < -0.3 is 44.5 Å². The molecule has 216 valence electrons. The Morgan fingerprint density at radius 2 is 1.73 bits per heavy atom. The molecule has 2 heterocycles. The third kappa shape index (κ3) is 5.03. The van der Waals surface area contributed by atoms with E-state index in [1.807, 2.05) is 0 Å². The van der Waals surface area contributed by atoms with Crippen LogP contribution in [-0.2, 0) is 23.7 Å². The third-order valence-corrected chi connectivity index (χ3v) is 8.51. The van der Waals surface area contributed by atoms with Gasteiger partial charge in [-0.15, -0.1) is 0 Å². The summed E-state index contributed by atoms with van der Waals surface area (Å²) in [6.07, 6.45) is -8.43. The fourth-order valence-corrected chi connectivity index (χ4v) is 6.30. The van der Waals surface area contributed by atoms with Crippen LogP contribution in [0.25, 0.3) is 0 Å². The number of fused-ring (bicyclic) bond motifs is 3. The first-order chi connectivity index (χ1) is 19.0. The van der Waals surface area contributed by atoms with Gasteiger partial charge in [-0.2, -0.15) is 0 Å². The molecule has 2 aliphatic carbocycles. The zero-order valence-electron chi connectivity index (χ0n) is 21.8. The maximum Gasteiger partial charge on any atom is 0.334 e. The Bertz CT molecular complexity index is 1190. The minimum absolute atomic E-state index is 0.0406. The maximum absolute atomic E-state index is 12.7. The number of phenols is 1. The Hall–Kier alpha value is -2.90. The van der Waals surface area contributed by atoms with Gasteiger partial charge in [0, 0.05) is 17.1 Å². The van der Waals surface area contributed by atoms with E-state index in [0.717, 1.165) is 5.57 Å². The van der Waals surface area contributed by atoms with Crippen molar-refractivity contribution < 1.29 is 54.1 Å². The van der Waals surface area contributed by atoms with Gasteiger partial charge in [-0.25, -0.2) is 4.79 Å². The zero-order chi connectivity index (χ0) is 28.9. The first-order valence-corrected chi connectivity index (χ1v) is 13.2. The van der Waals surface area contributed by atoms with Crippen molar-refractivity contribution in [2.24, 2.45) is 17.8 Å². The van der Waals surface area contributed by atoms with E-state index in [0.29, 0.717) is 24.0 Å². The molecule has 0 amide bonds. The van der Waals surface area contributed by atoms with Crippen LogP contribution >= 0.6 is 0 Å². The van der Waals surface area contributed by atoms with Gasteiger partial charge in [0.25, 0.3) is 0 Å². The normalized spacial score (nSPS) is 39.5. The lowest BCUT2D eigenvalue weighted by Gasteiger charge is -2.40. The Morgan fingerprint density at radius 1 is 1.02 bits per heavy atom. The molecule has 2 aliphatic heterocycles. The Morgan fingerprint density at radius 3 is 2.40 bits per heavy atom. The summed E-state index contributed by atoms with van der Waals surface area (Å²) in [5.74, 6) is -2.05. The minimum Gasteiger partial charge on any atom is -0.508 e. The van der Waals surface area contributed by atoms with Crippen molar-refractivity contribution in [3.63, 3.8) is 0 Å². The zero-order valence-corrected chi connectivity index (χ0v) is 21.8.